The molecule has 52 heavy (non-hydrogen) atoms. The molecule has 15 heteroatoms. The van der Waals surface area contributed by atoms with E-state index in [2.05, 4.69) is 37.5 Å². The van der Waals surface area contributed by atoms with Crippen molar-refractivity contribution in [2.24, 2.45) is 0 Å². The minimum atomic E-state index is -1.35. The molecule has 0 radical (unpaired) electrons. The third-order valence-electron chi connectivity index (χ3n) is 8.57. The third kappa shape index (κ3) is 16.9. The summed E-state index contributed by atoms with van der Waals surface area (Å²) in [7, 11) is 0. The van der Waals surface area contributed by atoms with E-state index in [9.17, 15) is 29.1 Å². The number of hydrogen-bond acceptors (Lipinski definition) is 11. The van der Waals surface area contributed by atoms with E-state index in [0.29, 0.717) is 17.8 Å². The van der Waals surface area contributed by atoms with Crippen LogP contribution in [0.2, 0.25) is 0 Å². The first-order chi connectivity index (χ1) is 24.7. The van der Waals surface area contributed by atoms with Crippen LogP contribution in [0, 0.1) is 0 Å². The quantitative estimate of drug-likeness (QED) is 0.0325. The second-order valence-electron chi connectivity index (χ2n) is 12.9. The zero-order valence-electron chi connectivity index (χ0n) is 29.7. The highest BCUT2D eigenvalue weighted by Crippen LogP contribution is 2.15. The van der Waals surface area contributed by atoms with Crippen molar-refractivity contribution < 1.29 is 29.0 Å². The van der Waals surface area contributed by atoms with Gasteiger partial charge in [0.15, 0.2) is 11.2 Å². The van der Waals surface area contributed by atoms with Crippen LogP contribution in [0.4, 0.5) is 11.6 Å². The number of carboxylic acid groups (broad SMARTS) is 1. The summed E-state index contributed by atoms with van der Waals surface area (Å²) < 4.78 is 4.87. The number of carboxylic acids is 1. The standard InChI is InChI=1S/C37H53N7O7.Mg.2H/c1-2-3-4-5-6-7-8-9-10-11-12-13-14-15-16-17-30(45)51-31(46)23-22-29(36(49)50)42-34(47)26-18-20-27(21-19-26)39-24-28-25-40-33-32(41-28)35(48)44-37(38)43-33;;;/h18-21,25,29,39H,2-17,22-24H2,1H3,(H,42,47)(H,49,50)(H3,38,40,43,44,48);;;/t29-;;;/m0.../s1. The molecule has 6 N–H and O–H groups in total. The first kappa shape index (κ1) is 44.0. The second kappa shape index (κ2) is 25.0. The van der Waals surface area contributed by atoms with Crippen LogP contribution < -0.4 is 21.9 Å². The van der Waals surface area contributed by atoms with E-state index >= 15 is 0 Å². The van der Waals surface area contributed by atoms with Crippen molar-refractivity contribution in [3.8, 4) is 0 Å². The number of rotatable bonds is 25. The Labute approximate surface area is 321 Å². The maximum absolute atomic E-state index is 12.7. The topological polar surface area (TPSA) is 219 Å². The molecule has 1 aromatic carbocycles. The molecule has 0 aliphatic rings. The van der Waals surface area contributed by atoms with Gasteiger partial charge in [-0.3, -0.25) is 19.2 Å². The van der Waals surface area contributed by atoms with Gasteiger partial charge in [-0.15, -0.1) is 0 Å². The van der Waals surface area contributed by atoms with Crippen molar-refractivity contribution in [3.63, 3.8) is 0 Å². The summed E-state index contributed by atoms with van der Waals surface area (Å²) in [6.45, 7) is 2.46. The van der Waals surface area contributed by atoms with Gasteiger partial charge >= 0.3 is 46.5 Å². The molecule has 0 saturated heterocycles. The van der Waals surface area contributed by atoms with E-state index < -0.39 is 35.4 Å². The molecule has 0 fully saturated rings. The molecule has 0 saturated carbocycles. The van der Waals surface area contributed by atoms with E-state index in [-0.39, 0.29) is 71.5 Å². The fourth-order valence-corrected chi connectivity index (χ4v) is 5.63. The number of carbonyl (C=O) groups is 4. The average Bonchev–Trinajstić information content (AvgIpc) is 3.10. The van der Waals surface area contributed by atoms with Crippen LogP contribution >= 0.6 is 0 Å². The fraction of sp³-hybridized carbons (Fsp3) is 0.568. The largest absolute Gasteiger partial charge is 0.480 e. The van der Waals surface area contributed by atoms with Crippen molar-refractivity contribution in [3.05, 3.63) is 52.1 Å². The number of nitrogens with one attached hydrogen (secondary N) is 3. The van der Waals surface area contributed by atoms with Crippen molar-refractivity contribution in [1.29, 1.82) is 0 Å². The van der Waals surface area contributed by atoms with E-state index in [1.807, 2.05) is 0 Å². The van der Waals surface area contributed by atoms with Gasteiger partial charge in [-0.1, -0.05) is 96.8 Å². The molecule has 2 heterocycles. The van der Waals surface area contributed by atoms with E-state index in [4.69, 9.17) is 10.5 Å². The lowest BCUT2D eigenvalue weighted by Gasteiger charge is -2.14. The number of aliphatic carboxylic acids is 1. The number of nitrogen functional groups attached to an aromatic ring is 1. The summed E-state index contributed by atoms with van der Waals surface area (Å²) in [6.07, 6.45) is 19.2. The van der Waals surface area contributed by atoms with Gasteiger partial charge in [0.05, 0.1) is 18.4 Å². The van der Waals surface area contributed by atoms with Gasteiger partial charge < -0.3 is 31.2 Å². The average molecular weight is 734 g/mol. The first-order valence-corrected chi connectivity index (χ1v) is 18.3. The molecular weight excluding hydrogens is 679 g/mol. The minimum absolute atomic E-state index is 0. The molecule has 0 bridgehead atoms. The molecule has 0 aliphatic carbocycles. The van der Waals surface area contributed by atoms with Crippen LogP contribution in [-0.4, -0.2) is 78.0 Å². The molecule has 282 valence electrons. The molecule has 1 atom stereocenters. The lowest BCUT2D eigenvalue weighted by Crippen LogP contribution is -2.41. The maximum atomic E-state index is 12.7. The molecular formula is C37H55MgN7O7. The van der Waals surface area contributed by atoms with Crippen molar-refractivity contribution in [1.82, 2.24) is 25.3 Å². The normalized spacial score (nSPS) is 11.4. The molecule has 0 spiro atoms. The molecule has 0 aliphatic heterocycles. The summed E-state index contributed by atoms with van der Waals surface area (Å²) in [5.41, 5.74) is 6.51. The Bertz CT molecular complexity index is 1620. The summed E-state index contributed by atoms with van der Waals surface area (Å²) in [4.78, 5) is 75.5. The van der Waals surface area contributed by atoms with Crippen molar-refractivity contribution in [2.45, 2.75) is 135 Å². The van der Waals surface area contributed by atoms with Gasteiger partial charge in [0.1, 0.15) is 6.04 Å². The smallest absolute Gasteiger partial charge is 0.326 e. The SMILES string of the molecule is CCCCCCCCCCCCCCCCCC(=O)OC(=O)CC[C@H](NC(=O)c1ccc(NCc2cnc3[nH]c(N)nc(=O)c3n2)cc1)C(=O)O.[MgH2]. The minimum Gasteiger partial charge on any atom is -0.480 e. The van der Waals surface area contributed by atoms with Crippen LogP contribution in [0.3, 0.4) is 0 Å². The number of ether oxygens (including phenoxy) is 1. The summed E-state index contributed by atoms with van der Waals surface area (Å²) in [5.74, 6) is -3.45. The molecule has 3 rings (SSSR count). The number of carbonyl (C=O) groups excluding carboxylic acids is 3. The number of H-pyrrole nitrogens is 1. The number of amides is 1. The highest BCUT2D eigenvalue weighted by molar-refractivity contribution is 5.97. The Morgan fingerprint density at radius 1 is 0.827 bits per heavy atom. The monoisotopic (exact) mass is 733 g/mol. The highest BCUT2D eigenvalue weighted by atomic mass is 24.3. The number of fused-ring (bicyclic) bond motifs is 1. The van der Waals surface area contributed by atoms with Crippen molar-refractivity contribution in [2.75, 3.05) is 11.1 Å². The van der Waals surface area contributed by atoms with Gasteiger partial charge in [-0.2, -0.15) is 4.98 Å². The summed E-state index contributed by atoms with van der Waals surface area (Å²) in [5, 5.41) is 15.1. The zero-order chi connectivity index (χ0) is 36.8. The number of anilines is 2. The number of benzene rings is 1. The Morgan fingerprint density at radius 3 is 1.96 bits per heavy atom. The second-order valence-corrected chi connectivity index (χ2v) is 12.9. The number of aromatic amines is 1. The van der Waals surface area contributed by atoms with Crippen LogP contribution in [0.1, 0.15) is 139 Å². The molecule has 2 aromatic heterocycles. The van der Waals surface area contributed by atoms with Gasteiger partial charge in [-0.25, -0.2) is 14.8 Å². The lowest BCUT2D eigenvalue weighted by molar-refractivity contribution is -0.159. The Kier molecular flexibility index (Phi) is 21.1. The number of hydrogen-bond donors (Lipinski definition) is 5. The van der Waals surface area contributed by atoms with Gasteiger partial charge in [-0.05, 0) is 37.1 Å². The van der Waals surface area contributed by atoms with Crippen LogP contribution in [0.15, 0.2) is 35.3 Å². The van der Waals surface area contributed by atoms with Gasteiger partial charge in [0, 0.05) is 24.1 Å². The Morgan fingerprint density at radius 2 is 1.38 bits per heavy atom. The van der Waals surface area contributed by atoms with Crippen molar-refractivity contribution >= 4 is 69.7 Å². The number of nitrogens with zero attached hydrogens (tertiary/aromatic N) is 3. The number of unbranched alkanes of at least 4 members (excludes halogenated alkanes) is 14. The predicted molar refractivity (Wildman–Crippen MR) is 203 cm³/mol. The van der Waals surface area contributed by atoms with Crippen LogP contribution in [-0.2, 0) is 25.7 Å². The van der Waals surface area contributed by atoms with Gasteiger partial charge in [0.25, 0.3) is 5.91 Å². The highest BCUT2D eigenvalue weighted by Gasteiger charge is 2.23. The molecule has 1 amide bonds. The summed E-state index contributed by atoms with van der Waals surface area (Å²) in [6, 6.07) is 4.90. The van der Waals surface area contributed by atoms with Crippen LogP contribution in [0.25, 0.3) is 11.2 Å². The molecule has 14 nitrogen and oxygen atoms in total. The molecule has 0 unspecified atom stereocenters. The van der Waals surface area contributed by atoms with E-state index in [0.717, 1.165) is 19.3 Å². The number of nitrogens with two attached hydrogens (primary N) is 1. The third-order valence-corrected chi connectivity index (χ3v) is 8.57. The number of esters is 2. The first-order valence-electron chi connectivity index (χ1n) is 18.3. The van der Waals surface area contributed by atoms with Crippen LogP contribution in [0.5, 0.6) is 0 Å². The summed E-state index contributed by atoms with van der Waals surface area (Å²) >= 11 is 0. The van der Waals surface area contributed by atoms with E-state index in [1.54, 1.807) is 12.1 Å². The predicted octanol–water partition coefficient (Wildman–Crippen LogP) is 5.29. The fourth-order valence-electron chi connectivity index (χ4n) is 5.63. The Balaban J connectivity index is 0.00000936. The zero-order valence-corrected chi connectivity index (χ0v) is 29.7. The van der Waals surface area contributed by atoms with Gasteiger partial charge in [0.2, 0.25) is 5.95 Å². The number of aromatic nitrogens is 4. The molecule has 3 aromatic rings. The maximum Gasteiger partial charge on any atom is 0.326 e. The van der Waals surface area contributed by atoms with E-state index in [1.165, 1.54) is 89.0 Å². The lowest BCUT2D eigenvalue weighted by atomic mass is 10.0. The Hall–Kier alpha value is -4.11.